The number of carbonyl (C=O) groups excluding carboxylic acids is 4. The second kappa shape index (κ2) is 15.7. The van der Waals surface area contributed by atoms with E-state index in [1.807, 2.05) is 12.2 Å². The largest absolute Gasteiger partial charge is 0.573 e. The van der Waals surface area contributed by atoms with Crippen LogP contribution in [0.25, 0.3) is 21.7 Å². The van der Waals surface area contributed by atoms with Gasteiger partial charge in [-0.3, -0.25) is 28.9 Å². The molecule has 2 aliphatic carbocycles. The molecule has 0 unspecified atom stereocenters. The van der Waals surface area contributed by atoms with Crippen molar-refractivity contribution in [2.45, 2.75) is 100 Å². The summed E-state index contributed by atoms with van der Waals surface area (Å²) in [6.07, 6.45) is 2.48. The first-order valence-corrected chi connectivity index (χ1v) is 22.0. The van der Waals surface area contributed by atoms with E-state index in [1.165, 1.54) is 34.8 Å². The number of halogens is 4. The Bertz CT molecular complexity index is 2510. The summed E-state index contributed by atoms with van der Waals surface area (Å²) < 4.78 is 92.3. The van der Waals surface area contributed by atoms with Crippen molar-refractivity contribution in [3.63, 3.8) is 0 Å². The van der Waals surface area contributed by atoms with Crippen molar-refractivity contribution >= 4 is 66.5 Å². The number of pyridine rings is 1. The molecule has 0 radical (unpaired) electrons. The number of Topliss-reactive ketones (excluding diaryl/α,β-unsaturated/α-hetero) is 1. The molecule has 2 N–H and O–H groups in total. The van der Waals surface area contributed by atoms with Gasteiger partial charge in [0.2, 0.25) is 27.7 Å². The van der Waals surface area contributed by atoms with E-state index in [0.29, 0.717) is 42.9 Å². The van der Waals surface area contributed by atoms with E-state index in [9.17, 15) is 45.2 Å². The molecule has 4 heterocycles. The Morgan fingerprint density at radius 2 is 1.82 bits per heavy atom. The maximum Gasteiger partial charge on any atom is 0.573 e. The van der Waals surface area contributed by atoms with E-state index in [-0.39, 0.29) is 47.5 Å². The summed E-state index contributed by atoms with van der Waals surface area (Å²) in [5.74, 6) is -4.25. The lowest BCUT2D eigenvalue weighted by Gasteiger charge is -2.29. The molecule has 4 aromatic rings. The molecule has 2 aliphatic heterocycles. The summed E-state index contributed by atoms with van der Waals surface area (Å²) in [4.78, 5) is 66.5. The second-order valence-corrected chi connectivity index (χ2v) is 19.4. The lowest BCUT2D eigenvalue weighted by molar-refractivity contribution is -0.274. The van der Waals surface area contributed by atoms with Gasteiger partial charge in [0.1, 0.15) is 28.6 Å². The number of thiazole rings is 1. The molecule has 5 atom stereocenters. The third-order valence-corrected chi connectivity index (χ3v) is 15.0. The Balaban J connectivity index is 1.14. The van der Waals surface area contributed by atoms with Gasteiger partial charge in [-0.15, -0.1) is 24.5 Å². The minimum absolute atomic E-state index is 0.0347. The van der Waals surface area contributed by atoms with Crippen LogP contribution < -0.4 is 19.5 Å². The van der Waals surface area contributed by atoms with Gasteiger partial charge in [-0.05, 0) is 81.0 Å². The van der Waals surface area contributed by atoms with Crippen LogP contribution in [0.15, 0.2) is 60.3 Å². The Labute approximate surface area is 345 Å². The number of carbonyl (C=O) groups is 4. The highest BCUT2D eigenvalue weighted by Gasteiger charge is 2.62. The van der Waals surface area contributed by atoms with E-state index in [2.05, 4.69) is 24.7 Å². The molecule has 3 amide bonds. The molecule has 0 spiro atoms. The Kier molecular flexibility index (Phi) is 10.9. The third-order valence-electron chi connectivity index (χ3n) is 12.0. The van der Waals surface area contributed by atoms with Gasteiger partial charge in [0.15, 0.2) is 5.78 Å². The highest BCUT2D eigenvalue weighted by molar-refractivity contribution is 7.91. The number of rotatable bonds is 8. The Morgan fingerprint density at radius 1 is 1.03 bits per heavy atom. The third kappa shape index (κ3) is 8.42. The predicted octanol–water partition coefficient (Wildman–Crippen LogP) is 6.51. The number of nitrogens with zero attached hydrogens (tertiary/aromatic N) is 3. The maximum absolute atomic E-state index is 14.8. The van der Waals surface area contributed by atoms with Gasteiger partial charge >= 0.3 is 6.36 Å². The van der Waals surface area contributed by atoms with Crippen molar-refractivity contribution in [1.82, 2.24) is 24.9 Å². The quantitative estimate of drug-likeness (QED) is 0.113. The molecule has 1 saturated heterocycles. The molecule has 3 fully saturated rings. The molecule has 13 nitrogen and oxygen atoms in total. The first-order chi connectivity index (χ1) is 28.4. The molecule has 60 heavy (non-hydrogen) atoms. The summed E-state index contributed by atoms with van der Waals surface area (Å²) in [6, 6.07) is 5.02. The fraction of sp³-hybridized carbons (Fsp3) is 0.463. The smallest absolute Gasteiger partial charge is 0.472 e. The molecule has 4 aliphatic rings. The van der Waals surface area contributed by atoms with Crippen molar-refractivity contribution in [3.8, 4) is 11.6 Å². The van der Waals surface area contributed by atoms with Crippen LogP contribution in [0, 0.1) is 17.2 Å². The molecule has 2 aromatic carbocycles. The van der Waals surface area contributed by atoms with E-state index in [4.69, 9.17) is 4.74 Å². The Hall–Kier alpha value is -5.17. The molecule has 318 valence electrons. The monoisotopic (exact) mass is 871 g/mol. The van der Waals surface area contributed by atoms with Crippen LogP contribution in [0.2, 0.25) is 0 Å². The number of sulfonamides is 1. The van der Waals surface area contributed by atoms with Crippen molar-refractivity contribution in [1.29, 1.82) is 0 Å². The summed E-state index contributed by atoms with van der Waals surface area (Å²) in [6.45, 7) is 1.33. The lowest BCUT2D eigenvalue weighted by Crippen LogP contribution is -2.52. The molecule has 8 rings (SSSR count). The average Bonchev–Trinajstić information content (AvgIpc) is 3.93. The van der Waals surface area contributed by atoms with E-state index < -0.39 is 92.1 Å². The van der Waals surface area contributed by atoms with Crippen LogP contribution in [0.4, 0.5) is 17.6 Å². The molecule has 2 saturated carbocycles. The van der Waals surface area contributed by atoms with Gasteiger partial charge in [-0.2, -0.15) is 0 Å². The zero-order valence-corrected chi connectivity index (χ0v) is 33.9. The number of nitrogens with one attached hydrogen (secondary N) is 2. The van der Waals surface area contributed by atoms with E-state index in [0.717, 1.165) is 36.0 Å². The maximum atomic E-state index is 14.8. The number of aromatic nitrogens is 2. The SMILES string of the molecule is CC1(S(=O)(=O)NC(=O)[C@]23CC(=O)[C@@H]4C[C@@H](Oc5nc6cc(OC(F)(F)F)ccc6c6ccc(F)cc56)CN4C(=O)[C@@H](NC(=O)c4cncs4)CCCCC/C=C\[C@@H]2C3)CC1. The summed E-state index contributed by atoms with van der Waals surface area (Å²) in [5, 5.41) is 3.77. The van der Waals surface area contributed by atoms with Gasteiger partial charge in [-0.25, -0.2) is 17.8 Å². The second-order valence-electron chi connectivity index (χ2n) is 16.3. The highest BCUT2D eigenvalue weighted by Crippen LogP contribution is 2.57. The normalized spacial score (nSPS) is 26.3. The summed E-state index contributed by atoms with van der Waals surface area (Å²) >= 11 is 1.09. The standard InChI is InChI=1S/C41H41F4N5O8S2/c1-39(13-14-39)60(55,56)49-38(54)40-18-23(40)7-5-3-2-4-6-8-30(47-35(52)34-20-46-22-59-34)37(53)50-21-26(17-32(50)33(51)19-40)57-36-29-15-24(42)9-11-27(29)28-12-10-25(16-31(28)48-36)58-41(43,44)45/h5,7,9-12,15-16,20,22-23,26,30,32H,2-4,6,8,13-14,17-19,21H2,1H3,(H,47,52)(H,49,54)/b7-5-/t23-,26-,30+,32+,40-/m1/s1. The minimum Gasteiger partial charge on any atom is -0.472 e. The molecular formula is C41H41F4N5O8S2. The number of ether oxygens (including phenoxy) is 2. The van der Waals surface area contributed by atoms with Gasteiger partial charge in [0, 0.05) is 29.7 Å². The fourth-order valence-corrected chi connectivity index (χ4v) is 10.1. The van der Waals surface area contributed by atoms with Crippen molar-refractivity contribution in [3.05, 3.63) is 71.0 Å². The first-order valence-electron chi connectivity index (χ1n) is 19.7. The van der Waals surface area contributed by atoms with Crippen LogP contribution in [0.5, 0.6) is 11.6 Å². The molecule has 19 heteroatoms. The lowest BCUT2D eigenvalue weighted by atomic mass is 9.91. The van der Waals surface area contributed by atoms with Gasteiger partial charge in [0.25, 0.3) is 5.91 Å². The van der Waals surface area contributed by atoms with Crippen LogP contribution in [-0.2, 0) is 24.4 Å². The highest BCUT2D eigenvalue weighted by atomic mass is 32.2. The van der Waals surface area contributed by atoms with E-state index >= 15 is 0 Å². The summed E-state index contributed by atoms with van der Waals surface area (Å²) in [5.41, 5.74) is 0.113. The van der Waals surface area contributed by atoms with Crippen LogP contribution in [-0.4, -0.2) is 82.6 Å². The number of fused-ring (bicyclic) bond motifs is 5. The van der Waals surface area contributed by atoms with Crippen molar-refractivity contribution in [2.75, 3.05) is 6.54 Å². The molecule has 0 bridgehead atoms. The fourth-order valence-electron chi connectivity index (χ4n) is 8.22. The van der Waals surface area contributed by atoms with Gasteiger partial charge in [0.05, 0.1) is 40.0 Å². The topological polar surface area (TPSA) is 174 Å². The number of amides is 3. The van der Waals surface area contributed by atoms with Crippen LogP contribution in [0.1, 0.15) is 80.8 Å². The number of allylic oxidation sites excluding steroid dienone is 2. The minimum atomic E-state index is -4.98. The zero-order valence-electron chi connectivity index (χ0n) is 32.3. The number of hydrogen-bond donors (Lipinski definition) is 2. The summed E-state index contributed by atoms with van der Waals surface area (Å²) in [7, 11) is -4.05. The van der Waals surface area contributed by atoms with Crippen molar-refractivity contribution in [2.24, 2.45) is 11.3 Å². The zero-order chi connectivity index (χ0) is 42.6. The predicted molar refractivity (Wildman–Crippen MR) is 211 cm³/mol. The average molecular weight is 872 g/mol. The molecule has 2 aromatic heterocycles. The van der Waals surface area contributed by atoms with Crippen LogP contribution >= 0.6 is 11.3 Å². The number of ketones is 1. The Morgan fingerprint density at radius 3 is 2.55 bits per heavy atom. The van der Waals surface area contributed by atoms with Gasteiger partial charge in [-0.1, -0.05) is 31.1 Å². The van der Waals surface area contributed by atoms with Crippen molar-refractivity contribution < 1.29 is 54.6 Å². The first kappa shape index (κ1) is 41.6. The number of benzene rings is 2. The number of alkyl halides is 3. The van der Waals surface area contributed by atoms with E-state index in [1.54, 1.807) is 6.92 Å². The van der Waals surface area contributed by atoms with Gasteiger partial charge < -0.3 is 19.7 Å². The molecular weight excluding hydrogens is 831 g/mol. The van der Waals surface area contributed by atoms with Crippen LogP contribution in [0.3, 0.4) is 0 Å². The number of hydrogen-bond acceptors (Lipinski definition) is 11.